The molecule has 0 fully saturated rings. The highest BCUT2D eigenvalue weighted by Crippen LogP contribution is 2.32. The van der Waals surface area contributed by atoms with Crippen molar-refractivity contribution in [3.8, 4) is 22.8 Å². The molecule has 1 amide bonds. The van der Waals surface area contributed by atoms with Crippen LogP contribution in [0.5, 0.6) is 11.5 Å². The van der Waals surface area contributed by atoms with Crippen molar-refractivity contribution in [2.24, 2.45) is 0 Å². The maximum absolute atomic E-state index is 13.7. The first-order valence-electron chi connectivity index (χ1n) is 12.1. The lowest BCUT2D eigenvalue weighted by Gasteiger charge is -2.23. The van der Waals surface area contributed by atoms with Crippen LogP contribution in [0.4, 0.5) is 10.8 Å². The Bertz CT molecular complexity index is 1560. The van der Waals surface area contributed by atoms with Gasteiger partial charge in [-0.1, -0.05) is 30.3 Å². The molecule has 1 heterocycles. The van der Waals surface area contributed by atoms with Gasteiger partial charge in [-0.05, 0) is 54.4 Å². The summed E-state index contributed by atoms with van der Waals surface area (Å²) in [5, 5.41) is 8.51. The number of rotatable bonds is 11. The number of hydrogen-bond donors (Lipinski definition) is 2. The van der Waals surface area contributed by atoms with Gasteiger partial charge in [0.2, 0.25) is 15.9 Å². The predicted molar refractivity (Wildman–Crippen MR) is 154 cm³/mol. The largest absolute Gasteiger partial charge is 0.496 e. The lowest BCUT2D eigenvalue weighted by Crippen LogP contribution is -2.37. The van der Waals surface area contributed by atoms with Gasteiger partial charge in [0.25, 0.3) is 0 Å². The number of anilines is 2. The highest BCUT2D eigenvalue weighted by atomic mass is 32.2. The topological polar surface area (TPSA) is 110 Å². The zero-order valence-electron chi connectivity index (χ0n) is 22.1. The van der Waals surface area contributed by atoms with Crippen molar-refractivity contribution in [2.45, 2.75) is 18.4 Å². The van der Waals surface area contributed by atoms with E-state index in [2.05, 4.69) is 15.6 Å². The molecule has 0 saturated carbocycles. The van der Waals surface area contributed by atoms with Crippen LogP contribution < -0.4 is 20.1 Å². The van der Waals surface area contributed by atoms with E-state index in [1.165, 1.54) is 31.6 Å². The summed E-state index contributed by atoms with van der Waals surface area (Å²) >= 11 is 1.47. The second-order valence-electron chi connectivity index (χ2n) is 8.64. The second-order valence-corrected chi connectivity index (χ2v) is 11.4. The molecule has 0 spiro atoms. The van der Waals surface area contributed by atoms with E-state index in [1.807, 2.05) is 41.8 Å². The predicted octanol–water partition coefficient (Wildman–Crippen LogP) is 5.01. The average molecular weight is 567 g/mol. The van der Waals surface area contributed by atoms with Crippen LogP contribution in [0.3, 0.4) is 0 Å². The lowest BCUT2D eigenvalue weighted by molar-refractivity contribution is -0.116. The molecule has 39 heavy (non-hydrogen) atoms. The van der Waals surface area contributed by atoms with E-state index in [-0.39, 0.29) is 11.4 Å². The quantitative estimate of drug-likeness (QED) is 0.263. The molecule has 11 heteroatoms. The van der Waals surface area contributed by atoms with E-state index >= 15 is 0 Å². The number of aryl methyl sites for hydroxylation is 1. The summed E-state index contributed by atoms with van der Waals surface area (Å²) in [6.45, 7) is 1.38. The summed E-state index contributed by atoms with van der Waals surface area (Å²) in [6.07, 6.45) is 0. The van der Waals surface area contributed by atoms with E-state index in [0.717, 1.165) is 26.3 Å². The minimum absolute atomic E-state index is 0.0183. The third-order valence-electron chi connectivity index (χ3n) is 6.01. The van der Waals surface area contributed by atoms with Crippen LogP contribution in [0.2, 0.25) is 0 Å². The van der Waals surface area contributed by atoms with Crippen molar-refractivity contribution in [3.05, 3.63) is 83.2 Å². The van der Waals surface area contributed by atoms with Gasteiger partial charge in [0.15, 0.2) is 5.13 Å². The molecule has 0 unspecified atom stereocenters. The highest BCUT2D eigenvalue weighted by Gasteiger charge is 2.28. The summed E-state index contributed by atoms with van der Waals surface area (Å²) in [7, 11) is 0.798. The number of nitrogens with zero attached hydrogens (tertiary/aromatic N) is 2. The zero-order chi connectivity index (χ0) is 28.0. The maximum atomic E-state index is 13.7. The Labute approximate surface area is 232 Å². The first-order chi connectivity index (χ1) is 18.7. The number of ether oxygens (including phenoxy) is 2. The summed E-state index contributed by atoms with van der Waals surface area (Å²) in [5.74, 6) is 0.513. The van der Waals surface area contributed by atoms with Crippen molar-refractivity contribution in [1.29, 1.82) is 0 Å². The van der Waals surface area contributed by atoms with Gasteiger partial charge in [-0.3, -0.25) is 4.79 Å². The first kappa shape index (κ1) is 28.1. The summed E-state index contributed by atoms with van der Waals surface area (Å²) in [4.78, 5) is 17.9. The highest BCUT2D eigenvalue weighted by molar-refractivity contribution is 7.89. The van der Waals surface area contributed by atoms with Gasteiger partial charge in [0, 0.05) is 24.5 Å². The molecule has 0 radical (unpaired) electrons. The summed E-state index contributed by atoms with van der Waals surface area (Å²) in [5.41, 5.74) is 3.36. The van der Waals surface area contributed by atoms with Crippen molar-refractivity contribution >= 4 is 38.1 Å². The number of nitrogens with one attached hydrogen (secondary N) is 2. The number of aromatic nitrogens is 1. The van der Waals surface area contributed by atoms with Crippen LogP contribution in [0.15, 0.2) is 77.0 Å². The number of carbonyl (C=O) groups is 1. The van der Waals surface area contributed by atoms with Crippen LogP contribution in [0.1, 0.15) is 11.1 Å². The Morgan fingerprint density at radius 1 is 1.00 bits per heavy atom. The number of benzene rings is 3. The number of methoxy groups -OCH3 is 2. The number of hydrogen-bond acceptors (Lipinski definition) is 8. The van der Waals surface area contributed by atoms with Crippen molar-refractivity contribution < 1.29 is 22.7 Å². The molecule has 4 rings (SSSR count). The Balaban J connectivity index is 1.63. The van der Waals surface area contributed by atoms with Crippen molar-refractivity contribution in [3.63, 3.8) is 0 Å². The number of thiazole rings is 1. The first-order valence-corrected chi connectivity index (χ1v) is 14.4. The minimum atomic E-state index is -4.03. The molecule has 0 atom stereocenters. The molecular formula is C28H30N4O5S2. The molecule has 9 nitrogen and oxygen atoms in total. The summed E-state index contributed by atoms with van der Waals surface area (Å²) < 4.78 is 39.4. The maximum Gasteiger partial charge on any atom is 0.243 e. The van der Waals surface area contributed by atoms with Crippen molar-refractivity contribution in [1.82, 2.24) is 9.29 Å². The van der Waals surface area contributed by atoms with E-state index in [0.29, 0.717) is 22.7 Å². The SMILES string of the molecule is CNc1nc(-c2ccc(OC)c(NC(=O)CN(Cc3ccccc3)S(=O)(=O)c3ccc(OC)c(C)c3)c2)cs1. The summed E-state index contributed by atoms with van der Waals surface area (Å²) in [6, 6.07) is 19.1. The van der Waals surface area contributed by atoms with E-state index in [9.17, 15) is 13.2 Å². The van der Waals surface area contributed by atoms with Gasteiger partial charge >= 0.3 is 0 Å². The Hall–Kier alpha value is -3.93. The fourth-order valence-corrected chi connectivity index (χ4v) is 6.16. The third-order valence-corrected chi connectivity index (χ3v) is 8.66. The Morgan fingerprint density at radius 3 is 2.36 bits per heavy atom. The van der Waals surface area contributed by atoms with Crippen LogP contribution in [-0.4, -0.2) is 51.4 Å². The van der Waals surface area contributed by atoms with Crippen LogP contribution in [0.25, 0.3) is 11.3 Å². The van der Waals surface area contributed by atoms with E-state index < -0.39 is 22.5 Å². The molecule has 0 aliphatic carbocycles. The molecule has 3 aromatic carbocycles. The van der Waals surface area contributed by atoms with Gasteiger partial charge in [0.05, 0.1) is 37.0 Å². The molecule has 204 valence electrons. The molecule has 0 aliphatic heterocycles. The molecule has 0 aliphatic rings. The lowest BCUT2D eigenvalue weighted by atomic mass is 10.1. The fraction of sp³-hybridized carbons (Fsp3) is 0.214. The molecule has 2 N–H and O–H groups in total. The normalized spacial score (nSPS) is 11.3. The second kappa shape index (κ2) is 12.3. The number of sulfonamides is 1. The molecule has 4 aromatic rings. The van der Waals surface area contributed by atoms with Gasteiger partial charge < -0.3 is 20.1 Å². The number of amides is 1. The average Bonchev–Trinajstić information content (AvgIpc) is 3.42. The van der Waals surface area contributed by atoms with Gasteiger partial charge in [-0.25, -0.2) is 13.4 Å². The molecule has 0 bridgehead atoms. The van der Waals surface area contributed by atoms with Gasteiger partial charge in [-0.2, -0.15) is 4.31 Å². The zero-order valence-corrected chi connectivity index (χ0v) is 23.7. The van der Waals surface area contributed by atoms with Crippen LogP contribution >= 0.6 is 11.3 Å². The Kier molecular flexibility index (Phi) is 8.85. The van der Waals surface area contributed by atoms with E-state index in [4.69, 9.17) is 9.47 Å². The molecule has 0 saturated heterocycles. The van der Waals surface area contributed by atoms with Crippen LogP contribution in [0, 0.1) is 6.92 Å². The van der Waals surface area contributed by atoms with Gasteiger partial charge in [0.1, 0.15) is 11.5 Å². The standard InChI is InChI=1S/C28H30N4O5S2/c1-19-14-22(11-13-25(19)36-3)39(34,35)32(16-20-8-6-5-7-9-20)17-27(33)30-23-15-21(10-12-26(23)37-4)24-18-38-28(29-2)31-24/h5-15,18H,16-17H2,1-4H3,(H,29,31)(H,30,33). The monoisotopic (exact) mass is 566 g/mol. The fourth-order valence-electron chi connectivity index (χ4n) is 4.01. The smallest absolute Gasteiger partial charge is 0.243 e. The molecule has 1 aromatic heterocycles. The van der Waals surface area contributed by atoms with E-state index in [1.54, 1.807) is 38.2 Å². The van der Waals surface area contributed by atoms with Crippen LogP contribution in [-0.2, 0) is 21.4 Å². The third kappa shape index (κ3) is 6.56. The minimum Gasteiger partial charge on any atom is -0.496 e. The Morgan fingerprint density at radius 2 is 1.72 bits per heavy atom. The van der Waals surface area contributed by atoms with Crippen molar-refractivity contribution in [2.75, 3.05) is 38.4 Å². The number of carbonyl (C=O) groups excluding carboxylic acids is 1. The molecular weight excluding hydrogens is 536 g/mol. The van der Waals surface area contributed by atoms with Gasteiger partial charge in [-0.15, -0.1) is 11.3 Å².